The monoisotopic (exact) mass is 377 g/mol. The van der Waals surface area contributed by atoms with Gasteiger partial charge < -0.3 is 10.6 Å². The molecule has 2 aromatic carbocycles. The smallest absolute Gasteiger partial charge is 0.240 e. The Labute approximate surface area is 152 Å². The molecule has 2 aromatic rings. The summed E-state index contributed by atoms with van der Waals surface area (Å²) < 4.78 is 13.5. The van der Waals surface area contributed by atoms with E-state index in [2.05, 4.69) is 15.6 Å². The zero-order chi connectivity index (χ0) is 17.8. The normalized spacial score (nSPS) is 18.2. The number of para-hydroxylation sites is 1. The van der Waals surface area contributed by atoms with Gasteiger partial charge in [-0.25, -0.2) is 9.38 Å². The maximum Gasteiger partial charge on any atom is 0.240 e. The van der Waals surface area contributed by atoms with Crippen molar-refractivity contribution < 1.29 is 14.0 Å². The van der Waals surface area contributed by atoms with Crippen LogP contribution in [0.5, 0.6) is 0 Å². The molecule has 0 spiro atoms. The SMILES string of the molecule is O=C(C[C@@H]1SC(=Nc2ccc(Cl)cc2)NC1=O)Nc1ccccc1F. The Bertz CT molecular complexity index is 842. The molecule has 5 nitrogen and oxygen atoms in total. The molecule has 1 heterocycles. The molecule has 1 atom stereocenters. The molecule has 0 bridgehead atoms. The summed E-state index contributed by atoms with van der Waals surface area (Å²) >= 11 is 6.98. The molecule has 1 aliphatic rings. The van der Waals surface area contributed by atoms with Crippen LogP contribution in [0.15, 0.2) is 53.5 Å². The van der Waals surface area contributed by atoms with Crippen LogP contribution < -0.4 is 10.6 Å². The van der Waals surface area contributed by atoms with E-state index in [0.29, 0.717) is 15.9 Å². The largest absolute Gasteiger partial charge is 0.324 e. The third kappa shape index (κ3) is 4.58. The van der Waals surface area contributed by atoms with Crippen molar-refractivity contribution in [1.82, 2.24) is 5.32 Å². The number of halogens is 2. The van der Waals surface area contributed by atoms with E-state index < -0.39 is 17.0 Å². The Morgan fingerprint density at radius 3 is 2.68 bits per heavy atom. The van der Waals surface area contributed by atoms with Gasteiger partial charge in [0.2, 0.25) is 11.8 Å². The predicted octanol–water partition coefficient (Wildman–Crippen LogP) is 3.73. The number of amides is 2. The van der Waals surface area contributed by atoms with Gasteiger partial charge in [-0.05, 0) is 36.4 Å². The standard InChI is InChI=1S/C17H13ClFN3O2S/c18-10-5-7-11(8-6-10)20-17-22-16(24)14(25-17)9-15(23)21-13-4-2-1-3-12(13)19/h1-8,14H,9H2,(H,21,23)(H,20,22,24)/t14-/m0/s1. The number of carbonyl (C=O) groups excluding carboxylic acids is 2. The minimum absolute atomic E-state index is 0.0789. The zero-order valence-corrected chi connectivity index (χ0v) is 14.4. The predicted molar refractivity (Wildman–Crippen MR) is 97.7 cm³/mol. The number of nitrogens with one attached hydrogen (secondary N) is 2. The van der Waals surface area contributed by atoms with Crippen LogP contribution in [0.2, 0.25) is 5.02 Å². The van der Waals surface area contributed by atoms with E-state index in [1.165, 1.54) is 18.2 Å². The fourth-order valence-electron chi connectivity index (χ4n) is 2.16. The average molecular weight is 378 g/mol. The Morgan fingerprint density at radius 2 is 1.96 bits per heavy atom. The number of rotatable bonds is 4. The summed E-state index contributed by atoms with van der Waals surface area (Å²) in [4.78, 5) is 28.3. The molecular weight excluding hydrogens is 365 g/mol. The second-order valence-electron chi connectivity index (χ2n) is 5.22. The number of hydrogen-bond donors (Lipinski definition) is 2. The fraction of sp³-hybridized carbons (Fsp3) is 0.118. The highest BCUT2D eigenvalue weighted by Gasteiger charge is 2.32. The molecule has 1 aliphatic heterocycles. The van der Waals surface area contributed by atoms with Gasteiger partial charge in [-0.15, -0.1) is 0 Å². The first kappa shape index (κ1) is 17.4. The van der Waals surface area contributed by atoms with Crippen LogP contribution >= 0.6 is 23.4 Å². The molecule has 0 aliphatic carbocycles. The summed E-state index contributed by atoms with van der Waals surface area (Å²) in [5.74, 6) is -1.27. The van der Waals surface area contributed by atoms with Crippen molar-refractivity contribution in [3.8, 4) is 0 Å². The van der Waals surface area contributed by atoms with E-state index in [0.717, 1.165) is 11.8 Å². The number of amidine groups is 1. The molecule has 0 saturated carbocycles. The second kappa shape index (κ2) is 7.67. The molecular formula is C17H13ClFN3O2S. The van der Waals surface area contributed by atoms with Crippen LogP contribution in [0.3, 0.4) is 0 Å². The topological polar surface area (TPSA) is 70.6 Å². The molecule has 25 heavy (non-hydrogen) atoms. The lowest BCUT2D eigenvalue weighted by Crippen LogP contribution is -2.28. The highest BCUT2D eigenvalue weighted by Crippen LogP contribution is 2.26. The van der Waals surface area contributed by atoms with Crippen molar-refractivity contribution in [3.05, 3.63) is 59.4 Å². The first-order valence-electron chi connectivity index (χ1n) is 7.37. The summed E-state index contributed by atoms with van der Waals surface area (Å²) in [6, 6.07) is 12.7. The molecule has 1 saturated heterocycles. The van der Waals surface area contributed by atoms with Crippen molar-refractivity contribution in [2.24, 2.45) is 4.99 Å². The Kier molecular flexibility index (Phi) is 5.35. The van der Waals surface area contributed by atoms with Gasteiger partial charge in [0.25, 0.3) is 0 Å². The Balaban J connectivity index is 1.62. The van der Waals surface area contributed by atoms with Crippen LogP contribution in [0, 0.1) is 5.82 Å². The van der Waals surface area contributed by atoms with Crippen molar-refractivity contribution in [1.29, 1.82) is 0 Å². The van der Waals surface area contributed by atoms with E-state index in [9.17, 15) is 14.0 Å². The summed E-state index contributed by atoms with van der Waals surface area (Å²) in [7, 11) is 0. The lowest BCUT2D eigenvalue weighted by molar-refractivity contribution is -0.122. The maximum absolute atomic E-state index is 13.5. The van der Waals surface area contributed by atoms with E-state index in [1.807, 2.05) is 0 Å². The minimum atomic E-state index is -0.613. The van der Waals surface area contributed by atoms with Crippen LogP contribution in [-0.4, -0.2) is 22.2 Å². The van der Waals surface area contributed by atoms with Crippen molar-refractivity contribution in [2.75, 3.05) is 5.32 Å². The van der Waals surface area contributed by atoms with Crippen LogP contribution in [0.4, 0.5) is 15.8 Å². The molecule has 0 aromatic heterocycles. The highest BCUT2D eigenvalue weighted by atomic mass is 35.5. The van der Waals surface area contributed by atoms with E-state index >= 15 is 0 Å². The minimum Gasteiger partial charge on any atom is -0.324 e. The van der Waals surface area contributed by atoms with Gasteiger partial charge in [0.05, 0.1) is 11.4 Å². The van der Waals surface area contributed by atoms with Gasteiger partial charge in [0.1, 0.15) is 11.1 Å². The molecule has 2 amide bonds. The van der Waals surface area contributed by atoms with Gasteiger partial charge in [-0.3, -0.25) is 9.59 Å². The van der Waals surface area contributed by atoms with Gasteiger partial charge in [-0.1, -0.05) is 35.5 Å². The molecule has 3 rings (SSSR count). The molecule has 8 heteroatoms. The van der Waals surface area contributed by atoms with Crippen molar-refractivity contribution in [2.45, 2.75) is 11.7 Å². The van der Waals surface area contributed by atoms with Crippen LogP contribution in [0.1, 0.15) is 6.42 Å². The average Bonchev–Trinajstić information content (AvgIpc) is 2.91. The quantitative estimate of drug-likeness (QED) is 0.852. The number of anilines is 1. The Hall–Kier alpha value is -2.38. The van der Waals surface area contributed by atoms with Crippen LogP contribution in [-0.2, 0) is 9.59 Å². The number of thioether (sulfide) groups is 1. The first-order chi connectivity index (χ1) is 12.0. The first-order valence-corrected chi connectivity index (χ1v) is 8.63. The lowest BCUT2D eigenvalue weighted by Gasteiger charge is -2.08. The van der Waals surface area contributed by atoms with Gasteiger partial charge in [-0.2, -0.15) is 0 Å². The molecule has 128 valence electrons. The number of hydrogen-bond acceptors (Lipinski definition) is 4. The van der Waals surface area contributed by atoms with Gasteiger partial charge in [0.15, 0.2) is 5.17 Å². The molecule has 1 fully saturated rings. The molecule has 0 radical (unpaired) electrons. The summed E-state index contributed by atoms with van der Waals surface area (Å²) in [6.07, 6.45) is -0.0789. The molecule has 0 unspecified atom stereocenters. The third-order valence-corrected chi connectivity index (χ3v) is 4.69. The lowest BCUT2D eigenvalue weighted by atomic mass is 10.2. The second-order valence-corrected chi connectivity index (χ2v) is 6.85. The maximum atomic E-state index is 13.5. The highest BCUT2D eigenvalue weighted by molar-refractivity contribution is 8.15. The number of nitrogens with zero attached hydrogens (tertiary/aromatic N) is 1. The van der Waals surface area contributed by atoms with Gasteiger partial charge >= 0.3 is 0 Å². The fourth-order valence-corrected chi connectivity index (χ4v) is 3.27. The van der Waals surface area contributed by atoms with Crippen molar-refractivity contribution >= 4 is 51.7 Å². The number of benzene rings is 2. The van der Waals surface area contributed by atoms with Crippen molar-refractivity contribution in [3.63, 3.8) is 0 Å². The van der Waals surface area contributed by atoms with Gasteiger partial charge in [0, 0.05) is 11.4 Å². The summed E-state index contributed by atoms with van der Waals surface area (Å²) in [6.45, 7) is 0. The van der Waals surface area contributed by atoms with Crippen LogP contribution in [0.25, 0.3) is 0 Å². The van der Waals surface area contributed by atoms with E-state index in [4.69, 9.17) is 11.6 Å². The number of carbonyl (C=O) groups is 2. The summed E-state index contributed by atoms with van der Waals surface area (Å²) in [5.41, 5.74) is 0.731. The van der Waals surface area contributed by atoms with E-state index in [-0.39, 0.29) is 18.0 Å². The number of aliphatic imine (C=N–C) groups is 1. The Morgan fingerprint density at radius 1 is 1.24 bits per heavy atom. The molecule has 2 N–H and O–H groups in total. The van der Waals surface area contributed by atoms with E-state index in [1.54, 1.807) is 30.3 Å². The zero-order valence-electron chi connectivity index (χ0n) is 12.8. The summed E-state index contributed by atoms with van der Waals surface area (Å²) in [5, 5.41) is 5.49. The third-order valence-electron chi connectivity index (χ3n) is 3.35.